The van der Waals surface area contributed by atoms with E-state index in [1.807, 2.05) is 6.07 Å². The summed E-state index contributed by atoms with van der Waals surface area (Å²) < 4.78 is 0. The van der Waals surface area contributed by atoms with Crippen molar-refractivity contribution in [2.24, 2.45) is 0 Å². The van der Waals surface area contributed by atoms with Crippen LogP contribution in [0.25, 0.3) is 0 Å². The van der Waals surface area contributed by atoms with Crippen LogP contribution in [0.1, 0.15) is 5.69 Å². The fraction of sp³-hybridized carbons (Fsp3) is 0.200. The van der Waals surface area contributed by atoms with E-state index in [0.29, 0.717) is 5.75 Å². The van der Waals surface area contributed by atoms with Gasteiger partial charge in [0, 0.05) is 11.9 Å². The number of aromatic nitrogens is 2. The number of hydrogen-bond donors (Lipinski definition) is 1. The van der Waals surface area contributed by atoms with Crippen LogP contribution < -0.4 is 0 Å². The first-order chi connectivity index (χ1) is 3.93. The van der Waals surface area contributed by atoms with Crippen LogP contribution in [0.3, 0.4) is 0 Å². The van der Waals surface area contributed by atoms with Gasteiger partial charge >= 0.3 is 0 Å². The topological polar surface area (TPSA) is 25.8 Å². The van der Waals surface area contributed by atoms with Gasteiger partial charge in [-0.15, -0.1) is 12.4 Å². The SMILES string of the molecule is Cl.SCc1ccncn1. The van der Waals surface area contributed by atoms with Gasteiger partial charge in [0.25, 0.3) is 0 Å². The molecule has 1 aromatic heterocycles. The summed E-state index contributed by atoms with van der Waals surface area (Å²) in [5.74, 6) is 0.683. The quantitative estimate of drug-likeness (QED) is 0.631. The Morgan fingerprint density at radius 1 is 1.56 bits per heavy atom. The molecule has 0 bridgehead atoms. The molecular formula is C5H7ClN2S. The van der Waals surface area contributed by atoms with Crippen LogP contribution in [0.5, 0.6) is 0 Å². The summed E-state index contributed by atoms with van der Waals surface area (Å²) in [7, 11) is 0. The van der Waals surface area contributed by atoms with Crippen LogP contribution in [-0.2, 0) is 5.75 Å². The highest BCUT2D eigenvalue weighted by molar-refractivity contribution is 7.79. The second-order valence-corrected chi connectivity index (χ2v) is 1.68. The van der Waals surface area contributed by atoms with Crippen molar-refractivity contribution in [3.05, 3.63) is 24.3 Å². The minimum absolute atomic E-state index is 0. The lowest BCUT2D eigenvalue weighted by Crippen LogP contribution is -1.82. The summed E-state index contributed by atoms with van der Waals surface area (Å²) in [4.78, 5) is 7.66. The van der Waals surface area contributed by atoms with Gasteiger partial charge in [0.15, 0.2) is 0 Å². The molecule has 9 heavy (non-hydrogen) atoms. The number of thiol groups is 1. The van der Waals surface area contributed by atoms with Crippen LogP contribution in [0.15, 0.2) is 18.6 Å². The van der Waals surface area contributed by atoms with Crippen LogP contribution in [-0.4, -0.2) is 9.97 Å². The maximum absolute atomic E-state index is 4.02. The van der Waals surface area contributed by atoms with E-state index in [1.54, 1.807) is 6.20 Å². The molecule has 0 aliphatic carbocycles. The Bertz CT molecular complexity index is 156. The average Bonchev–Trinajstić information content (AvgIpc) is 1.90. The molecule has 0 unspecified atom stereocenters. The number of halogens is 1. The van der Waals surface area contributed by atoms with Crippen LogP contribution in [0.4, 0.5) is 0 Å². The molecule has 0 fully saturated rings. The highest BCUT2D eigenvalue weighted by Gasteiger charge is 1.83. The van der Waals surface area contributed by atoms with Crippen molar-refractivity contribution in [3.8, 4) is 0 Å². The lowest BCUT2D eigenvalue weighted by molar-refractivity contribution is 1.09. The zero-order valence-corrected chi connectivity index (χ0v) is 6.40. The van der Waals surface area contributed by atoms with E-state index in [1.165, 1.54) is 6.33 Å². The van der Waals surface area contributed by atoms with E-state index in [9.17, 15) is 0 Å². The van der Waals surface area contributed by atoms with Crippen molar-refractivity contribution in [1.82, 2.24) is 9.97 Å². The number of rotatable bonds is 1. The summed E-state index contributed by atoms with van der Waals surface area (Å²) >= 11 is 4.02. The third kappa shape index (κ3) is 2.67. The van der Waals surface area contributed by atoms with Crippen molar-refractivity contribution in [2.75, 3.05) is 0 Å². The van der Waals surface area contributed by atoms with E-state index in [0.717, 1.165) is 5.69 Å². The molecule has 1 rings (SSSR count). The molecule has 0 spiro atoms. The normalized spacial score (nSPS) is 8.11. The summed E-state index contributed by atoms with van der Waals surface area (Å²) in [5, 5.41) is 0. The molecule has 0 amide bonds. The highest BCUT2D eigenvalue weighted by Crippen LogP contribution is 1.93. The second-order valence-electron chi connectivity index (χ2n) is 1.36. The average molecular weight is 163 g/mol. The lowest BCUT2D eigenvalue weighted by atomic mass is 10.5. The van der Waals surface area contributed by atoms with Gasteiger partial charge in [-0.25, -0.2) is 9.97 Å². The first kappa shape index (κ1) is 8.72. The zero-order chi connectivity index (χ0) is 5.82. The first-order valence-corrected chi connectivity index (χ1v) is 2.92. The molecule has 1 heterocycles. The summed E-state index contributed by atoms with van der Waals surface area (Å²) in [5.41, 5.74) is 0.961. The number of hydrogen-bond acceptors (Lipinski definition) is 3. The molecule has 1 aromatic rings. The molecule has 50 valence electrons. The van der Waals surface area contributed by atoms with Crippen molar-refractivity contribution < 1.29 is 0 Å². The smallest absolute Gasteiger partial charge is 0.115 e. The third-order valence-electron chi connectivity index (χ3n) is 0.805. The predicted molar refractivity (Wildman–Crippen MR) is 42.0 cm³/mol. The van der Waals surface area contributed by atoms with Gasteiger partial charge in [-0.1, -0.05) is 0 Å². The van der Waals surface area contributed by atoms with Crippen molar-refractivity contribution in [2.45, 2.75) is 5.75 Å². The van der Waals surface area contributed by atoms with Crippen LogP contribution in [0, 0.1) is 0 Å². The zero-order valence-electron chi connectivity index (χ0n) is 4.69. The van der Waals surface area contributed by atoms with Crippen LogP contribution in [0.2, 0.25) is 0 Å². The van der Waals surface area contributed by atoms with Gasteiger partial charge in [-0.3, -0.25) is 0 Å². The van der Waals surface area contributed by atoms with Gasteiger partial charge in [0.2, 0.25) is 0 Å². The minimum atomic E-state index is 0. The molecule has 0 aliphatic rings. The molecule has 0 atom stereocenters. The first-order valence-electron chi connectivity index (χ1n) is 2.29. The monoisotopic (exact) mass is 162 g/mol. The predicted octanol–water partition coefficient (Wildman–Crippen LogP) is 1.33. The number of nitrogens with zero attached hydrogens (tertiary/aromatic N) is 2. The molecular weight excluding hydrogens is 156 g/mol. The molecule has 0 saturated heterocycles. The standard InChI is InChI=1S/C5H6N2S.ClH/c8-3-5-1-2-6-4-7-5;/h1-2,4,8H,3H2;1H. The van der Waals surface area contributed by atoms with E-state index in [4.69, 9.17) is 0 Å². The van der Waals surface area contributed by atoms with Gasteiger partial charge in [-0.05, 0) is 6.07 Å². The van der Waals surface area contributed by atoms with Crippen molar-refractivity contribution in [1.29, 1.82) is 0 Å². The summed E-state index contributed by atoms with van der Waals surface area (Å²) in [6.07, 6.45) is 3.23. The van der Waals surface area contributed by atoms with Gasteiger partial charge in [-0.2, -0.15) is 12.6 Å². The molecule has 0 radical (unpaired) electrons. The summed E-state index contributed by atoms with van der Waals surface area (Å²) in [6, 6.07) is 1.84. The van der Waals surface area contributed by atoms with Gasteiger partial charge < -0.3 is 0 Å². The molecule has 0 aromatic carbocycles. The summed E-state index contributed by atoms with van der Waals surface area (Å²) in [6.45, 7) is 0. The van der Waals surface area contributed by atoms with Gasteiger partial charge in [0.05, 0.1) is 5.69 Å². The third-order valence-corrected chi connectivity index (χ3v) is 1.13. The minimum Gasteiger partial charge on any atom is -0.245 e. The lowest BCUT2D eigenvalue weighted by Gasteiger charge is -1.87. The Morgan fingerprint density at radius 3 is 2.67 bits per heavy atom. The molecule has 0 N–H and O–H groups in total. The fourth-order valence-corrected chi connectivity index (χ4v) is 0.599. The highest BCUT2D eigenvalue weighted by atomic mass is 35.5. The largest absolute Gasteiger partial charge is 0.245 e. The Labute approximate surface area is 65.5 Å². The molecule has 0 aliphatic heterocycles. The van der Waals surface area contributed by atoms with Crippen LogP contribution >= 0.6 is 25.0 Å². The Morgan fingerprint density at radius 2 is 2.33 bits per heavy atom. The molecule has 4 heteroatoms. The maximum atomic E-state index is 4.02. The van der Waals surface area contributed by atoms with Crippen molar-refractivity contribution in [3.63, 3.8) is 0 Å². The molecule has 2 nitrogen and oxygen atoms in total. The van der Waals surface area contributed by atoms with E-state index >= 15 is 0 Å². The fourth-order valence-electron chi connectivity index (χ4n) is 0.412. The maximum Gasteiger partial charge on any atom is 0.115 e. The van der Waals surface area contributed by atoms with E-state index in [-0.39, 0.29) is 12.4 Å². The van der Waals surface area contributed by atoms with E-state index < -0.39 is 0 Å². The van der Waals surface area contributed by atoms with Gasteiger partial charge in [0.1, 0.15) is 6.33 Å². The van der Waals surface area contributed by atoms with E-state index in [2.05, 4.69) is 22.6 Å². The molecule has 0 saturated carbocycles. The second kappa shape index (κ2) is 4.58. The Balaban J connectivity index is 0.000000640. The Hall–Kier alpha value is -0.280. The Kier molecular flexibility index (Phi) is 4.44. The van der Waals surface area contributed by atoms with Crippen molar-refractivity contribution >= 4 is 25.0 Å².